The maximum absolute atomic E-state index is 12.7. The second-order valence-corrected chi connectivity index (χ2v) is 6.70. The number of piperazine rings is 1. The molecule has 1 saturated heterocycles. The van der Waals surface area contributed by atoms with Crippen LogP contribution in [-0.2, 0) is 4.79 Å². The molecule has 2 fully saturated rings. The molecule has 3 rings (SSSR count). The smallest absolute Gasteiger partial charge is 0.226 e. The van der Waals surface area contributed by atoms with Gasteiger partial charge in [0.05, 0.1) is 10.7 Å². The van der Waals surface area contributed by atoms with E-state index < -0.39 is 0 Å². The molecule has 0 bridgehead atoms. The number of hydrogen-bond donors (Lipinski definition) is 1. The third-order valence-corrected chi connectivity index (χ3v) is 5.38. The lowest BCUT2D eigenvalue weighted by molar-refractivity contribution is -0.136. The average molecular weight is 322 g/mol. The maximum Gasteiger partial charge on any atom is 0.226 e. The van der Waals surface area contributed by atoms with Gasteiger partial charge in [-0.2, -0.15) is 0 Å². The highest BCUT2D eigenvalue weighted by atomic mass is 35.5. The molecule has 5 heteroatoms. The topological polar surface area (TPSA) is 49.6 Å². The fourth-order valence-corrected chi connectivity index (χ4v) is 4.01. The van der Waals surface area contributed by atoms with E-state index >= 15 is 0 Å². The number of halogens is 1. The molecular weight excluding hydrogens is 298 g/mol. The number of amides is 1. The molecule has 0 spiro atoms. The van der Waals surface area contributed by atoms with E-state index in [1.165, 1.54) is 0 Å². The molecular formula is C17H24ClN3O. The summed E-state index contributed by atoms with van der Waals surface area (Å²) >= 11 is 6.26. The Bertz CT molecular complexity index is 528. The zero-order valence-corrected chi connectivity index (χ0v) is 13.6. The summed E-state index contributed by atoms with van der Waals surface area (Å²) < 4.78 is 0. The van der Waals surface area contributed by atoms with Crippen molar-refractivity contribution in [3.05, 3.63) is 29.3 Å². The molecule has 2 atom stereocenters. The summed E-state index contributed by atoms with van der Waals surface area (Å²) in [6.45, 7) is 3.87. The largest absolute Gasteiger partial charge is 0.367 e. The molecule has 4 nitrogen and oxygen atoms in total. The van der Waals surface area contributed by atoms with Crippen LogP contribution >= 0.6 is 11.6 Å². The normalized spacial score (nSPS) is 25.5. The predicted molar refractivity (Wildman–Crippen MR) is 90.1 cm³/mol. The quantitative estimate of drug-likeness (QED) is 0.930. The van der Waals surface area contributed by atoms with E-state index in [0.29, 0.717) is 18.4 Å². The molecule has 120 valence electrons. The fourth-order valence-electron chi connectivity index (χ4n) is 3.75. The molecule has 1 amide bonds. The second-order valence-electron chi connectivity index (χ2n) is 6.30. The van der Waals surface area contributed by atoms with Gasteiger partial charge in [-0.25, -0.2) is 0 Å². The van der Waals surface area contributed by atoms with Crippen LogP contribution in [0, 0.1) is 11.8 Å². The van der Waals surface area contributed by atoms with Gasteiger partial charge >= 0.3 is 0 Å². The van der Waals surface area contributed by atoms with E-state index in [4.69, 9.17) is 17.3 Å². The average Bonchev–Trinajstić information content (AvgIpc) is 3.03. The standard InChI is InChI=1S/C17H24ClN3O/c18-15-6-1-2-7-16(15)20-8-10-21(11-9-20)17(22)14-5-3-4-13(14)12-19/h1-2,6-7,13-14H,3-5,8-12,19H2/t13-,14-/m1/s1. The van der Waals surface area contributed by atoms with Crippen LogP contribution < -0.4 is 10.6 Å². The Morgan fingerprint density at radius 3 is 2.59 bits per heavy atom. The highest BCUT2D eigenvalue weighted by Gasteiger charge is 2.35. The SMILES string of the molecule is NC[C@H]1CCC[C@H]1C(=O)N1CCN(c2ccccc2Cl)CC1. The lowest BCUT2D eigenvalue weighted by Gasteiger charge is -2.38. The van der Waals surface area contributed by atoms with Crippen molar-refractivity contribution in [3.63, 3.8) is 0 Å². The van der Waals surface area contributed by atoms with Gasteiger partial charge in [0.1, 0.15) is 0 Å². The van der Waals surface area contributed by atoms with E-state index in [0.717, 1.165) is 56.2 Å². The van der Waals surface area contributed by atoms with Gasteiger partial charge in [0.25, 0.3) is 0 Å². The van der Waals surface area contributed by atoms with E-state index in [2.05, 4.69) is 4.90 Å². The third kappa shape index (κ3) is 3.08. The first-order valence-electron chi connectivity index (χ1n) is 8.19. The molecule has 1 heterocycles. The van der Waals surface area contributed by atoms with Gasteiger partial charge in [-0.15, -0.1) is 0 Å². The zero-order valence-electron chi connectivity index (χ0n) is 12.9. The lowest BCUT2D eigenvalue weighted by atomic mass is 9.94. The minimum atomic E-state index is 0.150. The molecule has 22 heavy (non-hydrogen) atoms. The highest BCUT2D eigenvalue weighted by molar-refractivity contribution is 6.33. The number of nitrogens with two attached hydrogens (primary N) is 1. The molecule has 1 aliphatic heterocycles. The van der Waals surface area contributed by atoms with Crippen molar-refractivity contribution in [2.75, 3.05) is 37.6 Å². The van der Waals surface area contributed by atoms with Crippen LogP contribution in [0.2, 0.25) is 5.02 Å². The van der Waals surface area contributed by atoms with E-state index in [1.54, 1.807) is 0 Å². The molecule has 1 aromatic carbocycles. The minimum Gasteiger partial charge on any atom is -0.367 e. The number of anilines is 1. The zero-order chi connectivity index (χ0) is 15.5. The van der Waals surface area contributed by atoms with Crippen molar-refractivity contribution in [1.29, 1.82) is 0 Å². The number of rotatable bonds is 3. The molecule has 2 N–H and O–H groups in total. The minimum absolute atomic E-state index is 0.150. The van der Waals surface area contributed by atoms with Gasteiger partial charge in [-0.1, -0.05) is 30.2 Å². The van der Waals surface area contributed by atoms with Crippen LogP contribution in [0.15, 0.2) is 24.3 Å². The van der Waals surface area contributed by atoms with Crippen LogP contribution in [0.25, 0.3) is 0 Å². The Morgan fingerprint density at radius 2 is 1.91 bits per heavy atom. The molecule has 0 unspecified atom stereocenters. The summed E-state index contributed by atoms with van der Waals surface area (Å²) in [7, 11) is 0. The van der Waals surface area contributed by atoms with E-state index in [-0.39, 0.29) is 5.92 Å². The number of carbonyl (C=O) groups excluding carboxylic acids is 1. The first kappa shape index (κ1) is 15.6. The molecule has 1 saturated carbocycles. The number of benzene rings is 1. The Labute approximate surface area is 137 Å². The lowest BCUT2D eigenvalue weighted by Crippen LogP contribution is -2.51. The van der Waals surface area contributed by atoms with Crippen molar-refractivity contribution in [2.24, 2.45) is 17.6 Å². The van der Waals surface area contributed by atoms with Crippen molar-refractivity contribution < 1.29 is 4.79 Å². The van der Waals surface area contributed by atoms with Crippen LogP contribution in [-0.4, -0.2) is 43.5 Å². The van der Waals surface area contributed by atoms with Gasteiger partial charge < -0.3 is 15.5 Å². The number of hydrogen-bond acceptors (Lipinski definition) is 3. The Kier molecular flexibility index (Phi) is 4.89. The van der Waals surface area contributed by atoms with Crippen molar-refractivity contribution >= 4 is 23.2 Å². The van der Waals surface area contributed by atoms with Crippen molar-refractivity contribution in [3.8, 4) is 0 Å². The van der Waals surface area contributed by atoms with Crippen molar-refractivity contribution in [2.45, 2.75) is 19.3 Å². The summed E-state index contributed by atoms with van der Waals surface area (Å²) in [6.07, 6.45) is 3.25. The molecule has 2 aliphatic rings. The van der Waals surface area contributed by atoms with Crippen LogP contribution in [0.4, 0.5) is 5.69 Å². The Morgan fingerprint density at radius 1 is 1.18 bits per heavy atom. The molecule has 0 aromatic heterocycles. The maximum atomic E-state index is 12.7. The monoisotopic (exact) mass is 321 g/mol. The van der Waals surface area contributed by atoms with Crippen LogP contribution in [0.5, 0.6) is 0 Å². The summed E-state index contributed by atoms with van der Waals surface area (Å²) in [5.41, 5.74) is 6.88. The second kappa shape index (κ2) is 6.88. The predicted octanol–water partition coefficient (Wildman–Crippen LogP) is 2.36. The first-order valence-corrected chi connectivity index (χ1v) is 8.57. The van der Waals surface area contributed by atoms with Gasteiger partial charge in [0.15, 0.2) is 0 Å². The van der Waals surface area contributed by atoms with Crippen LogP contribution in [0.1, 0.15) is 19.3 Å². The Hall–Kier alpha value is -1.26. The van der Waals surface area contributed by atoms with Gasteiger partial charge in [0, 0.05) is 32.1 Å². The van der Waals surface area contributed by atoms with Crippen LogP contribution in [0.3, 0.4) is 0 Å². The van der Waals surface area contributed by atoms with E-state index in [1.807, 2.05) is 29.2 Å². The van der Waals surface area contributed by atoms with Crippen molar-refractivity contribution in [1.82, 2.24) is 4.90 Å². The Balaban J connectivity index is 1.60. The molecule has 0 radical (unpaired) electrons. The summed E-state index contributed by atoms with van der Waals surface area (Å²) in [5, 5.41) is 0.779. The van der Waals surface area contributed by atoms with Gasteiger partial charge in [0.2, 0.25) is 5.91 Å². The molecule has 1 aromatic rings. The highest BCUT2D eigenvalue weighted by Crippen LogP contribution is 2.33. The first-order chi connectivity index (χ1) is 10.7. The molecule has 1 aliphatic carbocycles. The number of carbonyl (C=O) groups is 1. The van der Waals surface area contributed by atoms with Gasteiger partial charge in [-0.05, 0) is 37.4 Å². The number of nitrogens with zero attached hydrogens (tertiary/aromatic N) is 2. The third-order valence-electron chi connectivity index (χ3n) is 5.06. The fraction of sp³-hybridized carbons (Fsp3) is 0.588. The van der Waals surface area contributed by atoms with E-state index in [9.17, 15) is 4.79 Å². The summed E-state index contributed by atoms with van der Waals surface area (Å²) in [6, 6.07) is 7.90. The summed E-state index contributed by atoms with van der Waals surface area (Å²) in [4.78, 5) is 17.0. The van der Waals surface area contributed by atoms with Gasteiger partial charge in [-0.3, -0.25) is 4.79 Å². The number of para-hydroxylation sites is 1. The summed E-state index contributed by atoms with van der Waals surface area (Å²) in [5.74, 6) is 0.845.